The lowest BCUT2D eigenvalue weighted by Crippen LogP contribution is -2.38. The van der Waals surface area contributed by atoms with Gasteiger partial charge in [0.25, 0.3) is 0 Å². The molecule has 0 amide bonds. The smallest absolute Gasteiger partial charge is 0.161 e. The van der Waals surface area contributed by atoms with Gasteiger partial charge in [-0.2, -0.15) is 0 Å². The number of rotatable bonds is 5. The number of piperidine rings is 1. The molecular formula is C14H21NO2. The molecule has 1 aliphatic heterocycles. The highest BCUT2D eigenvalue weighted by Gasteiger charge is 2.13. The predicted octanol–water partition coefficient (Wildman–Crippen LogP) is 2.61. The molecule has 0 radical (unpaired) electrons. The van der Waals surface area contributed by atoms with E-state index in [9.17, 15) is 0 Å². The number of benzene rings is 1. The van der Waals surface area contributed by atoms with Crippen LogP contribution in [0.4, 0.5) is 0 Å². The number of para-hydroxylation sites is 2. The van der Waals surface area contributed by atoms with Gasteiger partial charge < -0.3 is 14.8 Å². The monoisotopic (exact) mass is 235 g/mol. The largest absolute Gasteiger partial charge is 0.490 e. The number of hydrogen-bond donors (Lipinski definition) is 1. The quantitative estimate of drug-likeness (QED) is 0.851. The lowest BCUT2D eigenvalue weighted by molar-refractivity contribution is 0.225. The Labute approximate surface area is 103 Å². The number of ether oxygens (including phenoxy) is 2. The van der Waals surface area contributed by atoms with Gasteiger partial charge in [0.05, 0.1) is 6.61 Å². The van der Waals surface area contributed by atoms with Crippen LogP contribution in [-0.4, -0.2) is 25.8 Å². The molecular weight excluding hydrogens is 214 g/mol. The first-order valence-electron chi connectivity index (χ1n) is 6.48. The SMILES string of the molecule is CCOc1ccccc1OC[C@H]1CCCCN1. The first kappa shape index (κ1) is 12.2. The topological polar surface area (TPSA) is 30.5 Å². The van der Waals surface area contributed by atoms with Crippen molar-refractivity contribution >= 4 is 0 Å². The van der Waals surface area contributed by atoms with Crippen molar-refractivity contribution in [2.24, 2.45) is 0 Å². The molecule has 0 unspecified atom stereocenters. The fraction of sp³-hybridized carbons (Fsp3) is 0.571. The van der Waals surface area contributed by atoms with Crippen LogP contribution >= 0.6 is 0 Å². The second-order valence-electron chi connectivity index (χ2n) is 4.34. The van der Waals surface area contributed by atoms with Gasteiger partial charge in [0.2, 0.25) is 0 Å². The van der Waals surface area contributed by atoms with Crippen LogP contribution in [0.1, 0.15) is 26.2 Å². The fourth-order valence-electron chi connectivity index (χ4n) is 2.10. The Morgan fingerprint density at radius 2 is 1.94 bits per heavy atom. The van der Waals surface area contributed by atoms with Crippen LogP contribution in [0.3, 0.4) is 0 Å². The van der Waals surface area contributed by atoms with Crippen molar-refractivity contribution in [3.63, 3.8) is 0 Å². The van der Waals surface area contributed by atoms with Crippen LogP contribution in [0.25, 0.3) is 0 Å². The molecule has 1 heterocycles. The van der Waals surface area contributed by atoms with Crippen molar-refractivity contribution in [3.05, 3.63) is 24.3 Å². The van der Waals surface area contributed by atoms with Gasteiger partial charge in [-0.05, 0) is 38.4 Å². The van der Waals surface area contributed by atoms with Gasteiger partial charge in [-0.3, -0.25) is 0 Å². The van der Waals surface area contributed by atoms with Gasteiger partial charge in [-0.15, -0.1) is 0 Å². The minimum Gasteiger partial charge on any atom is -0.490 e. The van der Waals surface area contributed by atoms with E-state index in [-0.39, 0.29) is 0 Å². The summed E-state index contributed by atoms with van der Waals surface area (Å²) in [5, 5.41) is 3.47. The van der Waals surface area contributed by atoms with Crippen LogP contribution in [0.15, 0.2) is 24.3 Å². The third kappa shape index (κ3) is 3.63. The van der Waals surface area contributed by atoms with E-state index in [2.05, 4.69) is 5.32 Å². The van der Waals surface area contributed by atoms with E-state index >= 15 is 0 Å². The molecule has 0 aromatic heterocycles. The fourth-order valence-corrected chi connectivity index (χ4v) is 2.10. The van der Waals surface area contributed by atoms with Crippen LogP contribution in [0.5, 0.6) is 11.5 Å². The summed E-state index contributed by atoms with van der Waals surface area (Å²) in [4.78, 5) is 0. The standard InChI is InChI=1S/C14H21NO2/c1-2-16-13-8-3-4-9-14(13)17-11-12-7-5-6-10-15-12/h3-4,8-9,12,15H,2,5-7,10-11H2,1H3/t12-/m1/s1. The maximum absolute atomic E-state index is 5.84. The minimum absolute atomic E-state index is 0.485. The Hall–Kier alpha value is -1.22. The molecule has 3 nitrogen and oxygen atoms in total. The average molecular weight is 235 g/mol. The summed E-state index contributed by atoms with van der Waals surface area (Å²) < 4.78 is 11.4. The molecule has 0 spiro atoms. The Morgan fingerprint density at radius 1 is 1.18 bits per heavy atom. The summed E-state index contributed by atoms with van der Waals surface area (Å²) in [6.45, 7) is 4.49. The van der Waals surface area contributed by atoms with Gasteiger partial charge in [0.1, 0.15) is 6.61 Å². The van der Waals surface area contributed by atoms with Crippen molar-refractivity contribution in [1.82, 2.24) is 5.32 Å². The van der Waals surface area contributed by atoms with Crippen LogP contribution in [0.2, 0.25) is 0 Å². The Bertz CT molecular complexity index is 335. The van der Waals surface area contributed by atoms with Gasteiger partial charge in [-0.25, -0.2) is 0 Å². The summed E-state index contributed by atoms with van der Waals surface area (Å²) in [7, 11) is 0. The van der Waals surface area contributed by atoms with E-state index in [0.29, 0.717) is 12.6 Å². The van der Waals surface area contributed by atoms with Gasteiger partial charge in [0, 0.05) is 6.04 Å². The normalized spacial score (nSPS) is 19.9. The summed E-state index contributed by atoms with van der Waals surface area (Å²) >= 11 is 0. The first-order valence-corrected chi connectivity index (χ1v) is 6.48. The van der Waals surface area contributed by atoms with Crippen molar-refractivity contribution in [2.75, 3.05) is 19.8 Å². The third-order valence-corrected chi connectivity index (χ3v) is 3.00. The zero-order valence-electron chi connectivity index (χ0n) is 10.4. The van der Waals surface area contributed by atoms with Gasteiger partial charge >= 0.3 is 0 Å². The minimum atomic E-state index is 0.485. The van der Waals surface area contributed by atoms with Gasteiger partial charge in [-0.1, -0.05) is 18.6 Å². The average Bonchev–Trinajstić information content (AvgIpc) is 2.39. The summed E-state index contributed by atoms with van der Waals surface area (Å²) in [5.41, 5.74) is 0. The highest BCUT2D eigenvalue weighted by molar-refractivity contribution is 5.39. The van der Waals surface area contributed by atoms with Crippen LogP contribution in [-0.2, 0) is 0 Å². The highest BCUT2D eigenvalue weighted by Crippen LogP contribution is 2.26. The Morgan fingerprint density at radius 3 is 2.59 bits per heavy atom. The Kier molecular flexibility index (Phi) is 4.68. The summed E-state index contributed by atoms with van der Waals surface area (Å²) in [6.07, 6.45) is 3.79. The molecule has 1 aliphatic rings. The molecule has 1 saturated heterocycles. The summed E-state index contributed by atoms with van der Waals surface area (Å²) in [6, 6.07) is 8.35. The molecule has 1 N–H and O–H groups in total. The van der Waals surface area contributed by atoms with Gasteiger partial charge in [0.15, 0.2) is 11.5 Å². The number of nitrogens with one attached hydrogen (secondary N) is 1. The van der Waals surface area contributed by atoms with Crippen LogP contribution in [0, 0.1) is 0 Å². The lowest BCUT2D eigenvalue weighted by Gasteiger charge is -2.23. The maximum atomic E-state index is 5.84. The van der Waals surface area contributed by atoms with E-state index in [1.165, 1.54) is 19.3 Å². The van der Waals surface area contributed by atoms with Crippen molar-refractivity contribution < 1.29 is 9.47 Å². The molecule has 1 atom stereocenters. The lowest BCUT2D eigenvalue weighted by atomic mass is 10.1. The molecule has 0 saturated carbocycles. The third-order valence-electron chi connectivity index (χ3n) is 3.00. The second-order valence-corrected chi connectivity index (χ2v) is 4.34. The van der Waals surface area contributed by atoms with Crippen molar-refractivity contribution in [3.8, 4) is 11.5 Å². The summed E-state index contributed by atoms with van der Waals surface area (Å²) in [5.74, 6) is 1.69. The molecule has 1 fully saturated rings. The molecule has 2 rings (SSSR count). The van der Waals surface area contributed by atoms with E-state index < -0.39 is 0 Å². The molecule has 94 valence electrons. The van der Waals surface area contributed by atoms with E-state index in [4.69, 9.17) is 9.47 Å². The van der Waals surface area contributed by atoms with Crippen molar-refractivity contribution in [1.29, 1.82) is 0 Å². The van der Waals surface area contributed by atoms with Crippen LogP contribution < -0.4 is 14.8 Å². The predicted molar refractivity (Wildman–Crippen MR) is 68.7 cm³/mol. The zero-order valence-corrected chi connectivity index (χ0v) is 10.4. The number of hydrogen-bond acceptors (Lipinski definition) is 3. The second kappa shape index (κ2) is 6.50. The molecule has 0 aliphatic carbocycles. The maximum Gasteiger partial charge on any atom is 0.161 e. The molecule has 0 bridgehead atoms. The molecule has 1 aromatic rings. The van der Waals surface area contributed by atoms with E-state index in [1.54, 1.807) is 0 Å². The highest BCUT2D eigenvalue weighted by atomic mass is 16.5. The van der Waals surface area contributed by atoms with E-state index in [0.717, 1.165) is 24.7 Å². The van der Waals surface area contributed by atoms with E-state index in [1.807, 2.05) is 31.2 Å². The molecule has 1 aromatic carbocycles. The zero-order chi connectivity index (χ0) is 11.9. The first-order chi connectivity index (χ1) is 8.40. The molecule has 17 heavy (non-hydrogen) atoms. The van der Waals surface area contributed by atoms with Crippen molar-refractivity contribution in [2.45, 2.75) is 32.2 Å². The Balaban J connectivity index is 1.88. The molecule has 3 heteroatoms.